The van der Waals surface area contributed by atoms with Crippen LogP contribution in [0.5, 0.6) is 0 Å². The minimum absolute atomic E-state index is 0.393. The van der Waals surface area contributed by atoms with Crippen LogP contribution in [0.2, 0.25) is 0 Å². The first-order valence-electron chi connectivity index (χ1n) is 9.25. The molecule has 1 saturated carbocycles. The maximum absolute atomic E-state index is 9.07. The largest absolute Gasteiger partial charge is 0.345 e. The summed E-state index contributed by atoms with van der Waals surface area (Å²) in [5, 5.41) is 17.9. The molecule has 0 amide bonds. The van der Waals surface area contributed by atoms with Gasteiger partial charge in [0.15, 0.2) is 11.3 Å². The second-order valence-electron chi connectivity index (χ2n) is 7.40. The minimum Gasteiger partial charge on any atom is -0.345 e. The molecule has 0 radical (unpaired) electrons. The van der Waals surface area contributed by atoms with E-state index in [9.17, 15) is 0 Å². The molecule has 2 atom stereocenters. The monoisotopic (exact) mass is 357 g/mol. The summed E-state index contributed by atoms with van der Waals surface area (Å²) < 4.78 is 2.13. The molecule has 0 aliphatic heterocycles. The van der Waals surface area contributed by atoms with Crippen LogP contribution < -0.4 is 0 Å². The highest BCUT2D eigenvalue weighted by atomic mass is 15.3. The Balaban J connectivity index is 1.40. The van der Waals surface area contributed by atoms with E-state index in [-0.39, 0.29) is 0 Å². The average Bonchev–Trinajstić information content (AvgIpc) is 3.39. The minimum atomic E-state index is 0.393. The van der Waals surface area contributed by atoms with E-state index in [1.165, 1.54) is 0 Å². The maximum Gasteiger partial charge on any atom is 0.179 e. The summed E-state index contributed by atoms with van der Waals surface area (Å²) in [6, 6.07) is 6.26. The highest BCUT2D eigenvalue weighted by Crippen LogP contribution is 2.39. The molecular weight excluding hydrogens is 338 g/mol. The molecule has 4 aromatic heterocycles. The Labute approximate surface area is 156 Å². The van der Waals surface area contributed by atoms with Crippen molar-refractivity contribution in [1.29, 1.82) is 5.26 Å². The van der Waals surface area contributed by atoms with E-state index in [4.69, 9.17) is 5.26 Å². The van der Waals surface area contributed by atoms with Crippen LogP contribution in [-0.2, 0) is 6.42 Å². The third-order valence-electron chi connectivity index (χ3n) is 5.66. The maximum atomic E-state index is 9.07. The molecule has 0 unspecified atom stereocenters. The lowest BCUT2D eigenvalue weighted by Crippen LogP contribution is -2.05. The molecule has 1 N–H and O–H groups in total. The quantitative estimate of drug-likeness (QED) is 0.607. The average molecular weight is 357 g/mol. The van der Waals surface area contributed by atoms with Gasteiger partial charge in [0.25, 0.3) is 0 Å². The third kappa shape index (κ3) is 2.65. The van der Waals surface area contributed by atoms with E-state index in [1.807, 2.05) is 25.3 Å². The zero-order valence-corrected chi connectivity index (χ0v) is 15.1. The summed E-state index contributed by atoms with van der Waals surface area (Å²) in [5.74, 6) is 2.00. The van der Waals surface area contributed by atoms with Gasteiger partial charge in [-0.2, -0.15) is 5.26 Å². The van der Waals surface area contributed by atoms with Gasteiger partial charge in [-0.15, -0.1) is 10.2 Å². The molecular formula is C20H19N7. The van der Waals surface area contributed by atoms with Crippen LogP contribution in [0.1, 0.15) is 47.8 Å². The third-order valence-corrected chi connectivity index (χ3v) is 5.66. The Morgan fingerprint density at radius 1 is 1.26 bits per heavy atom. The Bertz CT molecular complexity index is 1180. The number of pyridine rings is 1. The van der Waals surface area contributed by atoms with Crippen molar-refractivity contribution in [2.24, 2.45) is 5.92 Å². The molecule has 7 heteroatoms. The highest BCUT2D eigenvalue weighted by Gasteiger charge is 2.30. The van der Waals surface area contributed by atoms with Crippen molar-refractivity contribution in [2.75, 3.05) is 0 Å². The van der Waals surface area contributed by atoms with Crippen LogP contribution in [0.15, 0.2) is 30.7 Å². The fourth-order valence-electron chi connectivity index (χ4n) is 4.30. The predicted octanol–water partition coefficient (Wildman–Crippen LogP) is 3.31. The van der Waals surface area contributed by atoms with E-state index < -0.39 is 0 Å². The number of rotatable bonds is 3. The second-order valence-corrected chi connectivity index (χ2v) is 7.40. The van der Waals surface area contributed by atoms with Crippen LogP contribution in [0.25, 0.3) is 16.8 Å². The summed E-state index contributed by atoms with van der Waals surface area (Å²) in [7, 11) is 0. The summed E-state index contributed by atoms with van der Waals surface area (Å²) in [6.45, 7) is 1.97. The number of fused-ring (bicyclic) bond motifs is 3. The summed E-state index contributed by atoms with van der Waals surface area (Å²) in [5.41, 5.74) is 5.41. The van der Waals surface area contributed by atoms with Gasteiger partial charge in [0, 0.05) is 24.0 Å². The number of aromatic amines is 1. The number of nitrogens with zero attached hydrogens (tertiary/aromatic N) is 6. The van der Waals surface area contributed by atoms with Crippen molar-refractivity contribution >= 4 is 16.8 Å². The number of hydrogen-bond acceptors (Lipinski definition) is 5. The van der Waals surface area contributed by atoms with Crippen LogP contribution in [0.3, 0.4) is 0 Å². The molecule has 4 heterocycles. The number of nitriles is 1. The van der Waals surface area contributed by atoms with Gasteiger partial charge in [-0.1, -0.05) is 0 Å². The van der Waals surface area contributed by atoms with Crippen molar-refractivity contribution in [1.82, 2.24) is 29.5 Å². The Morgan fingerprint density at radius 2 is 2.19 bits per heavy atom. The number of aryl methyl sites for hydroxylation is 1. The van der Waals surface area contributed by atoms with E-state index in [1.54, 1.807) is 12.4 Å². The molecule has 0 aromatic carbocycles. The fraction of sp³-hybridized carbons (Fsp3) is 0.350. The zero-order valence-electron chi connectivity index (χ0n) is 15.1. The van der Waals surface area contributed by atoms with Gasteiger partial charge in [0.1, 0.15) is 11.9 Å². The van der Waals surface area contributed by atoms with Gasteiger partial charge in [-0.05, 0) is 56.2 Å². The van der Waals surface area contributed by atoms with Crippen molar-refractivity contribution < 1.29 is 0 Å². The van der Waals surface area contributed by atoms with Crippen LogP contribution in [-0.4, -0.2) is 29.5 Å². The molecule has 1 aliphatic carbocycles. The lowest BCUT2D eigenvalue weighted by molar-refractivity contribution is 0.523. The number of H-pyrrole nitrogens is 1. The van der Waals surface area contributed by atoms with Gasteiger partial charge < -0.3 is 4.98 Å². The Kier molecular flexibility index (Phi) is 3.64. The molecule has 7 nitrogen and oxygen atoms in total. The van der Waals surface area contributed by atoms with Crippen LogP contribution in [0, 0.1) is 24.2 Å². The van der Waals surface area contributed by atoms with Gasteiger partial charge in [0.05, 0.1) is 17.3 Å². The molecule has 5 rings (SSSR count). The molecule has 1 aliphatic rings. The topological polar surface area (TPSA) is 95.6 Å². The van der Waals surface area contributed by atoms with Gasteiger partial charge in [0.2, 0.25) is 0 Å². The van der Waals surface area contributed by atoms with E-state index in [0.29, 0.717) is 17.4 Å². The normalized spacial score (nSPS) is 19.7. The van der Waals surface area contributed by atoms with E-state index in [2.05, 4.69) is 35.6 Å². The van der Waals surface area contributed by atoms with Gasteiger partial charge in [-0.3, -0.25) is 9.38 Å². The van der Waals surface area contributed by atoms with Crippen molar-refractivity contribution in [3.8, 4) is 6.07 Å². The summed E-state index contributed by atoms with van der Waals surface area (Å²) in [6.07, 6.45) is 9.65. The molecule has 1 fully saturated rings. The van der Waals surface area contributed by atoms with Crippen molar-refractivity contribution in [3.63, 3.8) is 0 Å². The molecule has 134 valence electrons. The number of hydrogen-bond donors (Lipinski definition) is 1. The standard InChI is InChI=1S/C20H19N7/c1-12-6-16(23-10-15(12)9-21)8-13-2-3-14(7-13)20-26-25-18-11-24-19-17(27(18)20)4-5-22-19/h4-6,10-11,13-14,22H,2-3,7-8H2,1H3/t13-,14+/m0/s1. The smallest absolute Gasteiger partial charge is 0.179 e. The van der Waals surface area contributed by atoms with Crippen LogP contribution >= 0.6 is 0 Å². The fourth-order valence-corrected chi connectivity index (χ4v) is 4.30. The first-order valence-corrected chi connectivity index (χ1v) is 9.25. The summed E-state index contributed by atoms with van der Waals surface area (Å²) >= 11 is 0. The molecule has 4 aromatic rings. The van der Waals surface area contributed by atoms with Crippen molar-refractivity contribution in [3.05, 3.63) is 53.4 Å². The second kappa shape index (κ2) is 6.16. The Hall–Kier alpha value is -3.27. The predicted molar refractivity (Wildman–Crippen MR) is 100 cm³/mol. The molecule has 0 bridgehead atoms. The lowest BCUT2D eigenvalue weighted by Gasteiger charge is -2.11. The van der Waals surface area contributed by atoms with Gasteiger partial charge in [-0.25, -0.2) is 4.98 Å². The van der Waals surface area contributed by atoms with E-state index >= 15 is 0 Å². The van der Waals surface area contributed by atoms with Crippen LogP contribution in [0.4, 0.5) is 0 Å². The molecule has 0 spiro atoms. The summed E-state index contributed by atoms with van der Waals surface area (Å²) in [4.78, 5) is 12.0. The van der Waals surface area contributed by atoms with E-state index in [0.717, 1.165) is 59.6 Å². The SMILES string of the molecule is Cc1cc(C[C@H]2CC[C@@H](c3nnc4cnc5[nH]ccc5n34)C2)ncc1C#N. The van der Waals surface area contributed by atoms with Crippen molar-refractivity contribution in [2.45, 2.75) is 38.5 Å². The Morgan fingerprint density at radius 3 is 3.04 bits per heavy atom. The first kappa shape index (κ1) is 15.9. The highest BCUT2D eigenvalue weighted by molar-refractivity contribution is 5.74. The molecule has 0 saturated heterocycles. The number of aromatic nitrogens is 6. The zero-order chi connectivity index (χ0) is 18.4. The first-order chi connectivity index (χ1) is 13.2. The number of nitrogens with one attached hydrogen (secondary N) is 1. The lowest BCUT2D eigenvalue weighted by atomic mass is 9.98. The molecule has 27 heavy (non-hydrogen) atoms. The van der Waals surface area contributed by atoms with Gasteiger partial charge >= 0.3 is 0 Å².